The molecule has 0 N–H and O–H groups in total. The number of nitrogens with zero attached hydrogens (tertiary/aromatic N) is 2. The molecule has 4 heteroatoms. The molecule has 2 aromatic rings. The molecule has 23 heavy (non-hydrogen) atoms. The number of hydrogen-bond donors (Lipinski definition) is 0. The number of hydrogen-bond acceptors (Lipinski definition) is 4. The standard InChI is InChI=1S/C19H10N2O2/c20-11-13(12-21)7-17-9-16-8-14-5-3-1-2-4-6-15(14)10-18(16)23-19(17)22/h1-2,7-10H,3,5H2. The zero-order valence-electron chi connectivity index (χ0n) is 12.1. The van der Waals surface area contributed by atoms with E-state index in [4.69, 9.17) is 14.9 Å². The van der Waals surface area contributed by atoms with Crippen LogP contribution in [0, 0.1) is 34.5 Å². The molecule has 1 heterocycles. The molecule has 1 aromatic heterocycles. The summed E-state index contributed by atoms with van der Waals surface area (Å²) >= 11 is 0. The minimum absolute atomic E-state index is 0.140. The molecule has 1 aromatic carbocycles. The fourth-order valence-corrected chi connectivity index (χ4v) is 2.40. The van der Waals surface area contributed by atoms with Crippen LogP contribution >= 0.6 is 0 Å². The van der Waals surface area contributed by atoms with Gasteiger partial charge < -0.3 is 4.42 Å². The first-order valence-corrected chi connectivity index (χ1v) is 7.00. The van der Waals surface area contributed by atoms with E-state index >= 15 is 0 Å². The van der Waals surface area contributed by atoms with Crippen LogP contribution in [0.15, 0.2) is 45.1 Å². The molecule has 0 saturated heterocycles. The normalized spacial score (nSPS) is 11.9. The van der Waals surface area contributed by atoms with Crippen molar-refractivity contribution in [2.75, 3.05) is 0 Å². The Morgan fingerprint density at radius 2 is 2.09 bits per heavy atom. The van der Waals surface area contributed by atoms with Crippen LogP contribution in [0.5, 0.6) is 0 Å². The molecule has 3 rings (SSSR count). The Hall–Kier alpha value is -3.55. The van der Waals surface area contributed by atoms with E-state index in [1.807, 2.05) is 18.2 Å². The van der Waals surface area contributed by atoms with Gasteiger partial charge in [0.05, 0.1) is 5.56 Å². The maximum atomic E-state index is 12.0. The number of rotatable bonds is 1. The largest absolute Gasteiger partial charge is 0.422 e. The summed E-state index contributed by atoms with van der Waals surface area (Å²) < 4.78 is 5.32. The zero-order valence-corrected chi connectivity index (χ0v) is 12.1. The lowest BCUT2D eigenvalue weighted by Gasteiger charge is -2.07. The summed E-state index contributed by atoms with van der Waals surface area (Å²) in [5.74, 6) is 5.99. The third-order valence-corrected chi connectivity index (χ3v) is 3.51. The first-order valence-electron chi connectivity index (χ1n) is 7.00. The minimum atomic E-state index is -0.584. The molecule has 0 radical (unpaired) electrons. The van der Waals surface area contributed by atoms with Gasteiger partial charge in [0.15, 0.2) is 0 Å². The number of aryl methyl sites for hydroxylation is 1. The molecule has 1 aliphatic rings. The predicted molar refractivity (Wildman–Crippen MR) is 86.0 cm³/mol. The second-order valence-corrected chi connectivity index (χ2v) is 5.03. The monoisotopic (exact) mass is 298 g/mol. The van der Waals surface area contributed by atoms with Crippen molar-refractivity contribution in [3.8, 4) is 24.0 Å². The van der Waals surface area contributed by atoms with E-state index in [1.165, 1.54) is 6.08 Å². The summed E-state index contributed by atoms with van der Waals surface area (Å²) in [6.07, 6.45) is 6.82. The van der Waals surface area contributed by atoms with Crippen molar-refractivity contribution >= 4 is 17.0 Å². The smallest absolute Gasteiger partial charge is 0.343 e. The maximum absolute atomic E-state index is 12.0. The van der Waals surface area contributed by atoms with Crippen LogP contribution in [0.4, 0.5) is 0 Å². The summed E-state index contributed by atoms with van der Waals surface area (Å²) in [6.45, 7) is 0. The lowest BCUT2D eigenvalue weighted by atomic mass is 9.98. The van der Waals surface area contributed by atoms with E-state index in [0.717, 1.165) is 29.4 Å². The van der Waals surface area contributed by atoms with E-state index in [0.29, 0.717) is 5.58 Å². The van der Waals surface area contributed by atoms with Gasteiger partial charge in [-0.25, -0.2) is 4.79 Å². The van der Waals surface area contributed by atoms with Crippen LogP contribution in [0.25, 0.3) is 17.0 Å². The highest BCUT2D eigenvalue weighted by Crippen LogP contribution is 2.22. The molecular weight excluding hydrogens is 288 g/mol. The van der Waals surface area contributed by atoms with Gasteiger partial charge in [0, 0.05) is 10.9 Å². The van der Waals surface area contributed by atoms with Crippen LogP contribution in [-0.2, 0) is 6.42 Å². The first-order chi connectivity index (χ1) is 11.2. The van der Waals surface area contributed by atoms with Gasteiger partial charge in [-0.05, 0) is 48.8 Å². The van der Waals surface area contributed by atoms with Gasteiger partial charge in [-0.15, -0.1) is 0 Å². The van der Waals surface area contributed by atoms with Crippen LogP contribution in [0.2, 0.25) is 0 Å². The van der Waals surface area contributed by atoms with Crippen molar-refractivity contribution in [1.82, 2.24) is 0 Å². The summed E-state index contributed by atoms with van der Waals surface area (Å²) in [6, 6.07) is 8.81. The molecule has 108 valence electrons. The minimum Gasteiger partial charge on any atom is -0.422 e. The maximum Gasteiger partial charge on any atom is 0.343 e. The van der Waals surface area contributed by atoms with E-state index < -0.39 is 5.63 Å². The molecule has 0 bridgehead atoms. The highest BCUT2D eigenvalue weighted by Gasteiger charge is 2.09. The Morgan fingerprint density at radius 3 is 2.87 bits per heavy atom. The average Bonchev–Trinajstić information content (AvgIpc) is 2.53. The fourth-order valence-electron chi connectivity index (χ4n) is 2.40. The van der Waals surface area contributed by atoms with Crippen molar-refractivity contribution in [1.29, 1.82) is 10.5 Å². The molecule has 4 nitrogen and oxygen atoms in total. The number of benzene rings is 1. The molecule has 0 unspecified atom stereocenters. The van der Waals surface area contributed by atoms with Gasteiger partial charge >= 0.3 is 5.63 Å². The Labute approximate surface area is 132 Å². The lowest BCUT2D eigenvalue weighted by molar-refractivity contribution is 0.559. The van der Waals surface area contributed by atoms with Crippen LogP contribution < -0.4 is 5.63 Å². The van der Waals surface area contributed by atoms with Crippen molar-refractivity contribution in [3.63, 3.8) is 0 Å². The van der Waals surface area contributed by atoms with Crippen LogP contribution in [0.3, 0.4) is 0 Å². The third-order valence-electron chi connectivity index (χ3n) is 3.51. The fraction of sp³-hybridized carbons (Fsp3) is 0.105. The molecule has 0 fully saturated rings. The molecule has 0 spiro atoms. The van der Waals surface area contributed by atoms with E-state index in [-0.39, 0.29) is 11.1 Å². The summed E-state index contributed by atoms with van der Waals surface area (Å²) in [5.41, 5.74) is 1.84. The van der Waals surface area contributed by atoms with Gasteiger partial charge in [-0.3, -0.25) is 0 Å². The summed E-state index contributed by atoms with van der Waals surface area (Å²) in [4.78, 5) is 12.0. The quantitative estimate of drug-likeness (QED) is 0.460. The summed E-state index contributed by atoms with van der Waals surface area (Å²) in [7, 11) is 0. The molecular formula is C19H10N2O2. The highest BCUT2D eigenvalue weighted by atomic mass is 16.4. The highest BCUT2D eigenvalue weighted by molar-refractivity contribution is 5.82. The third kappa shape index (κ3) is 2.91. The second-order valence-electron chi connectivity index (χ2n) is 5.03. The van der Waals surface area contributed by atoms with Crippen molar-refractivity contribution in [2.24, 2.45) is 0 Å². The molecule has 1 aliphatic carbocycles. The van der Waals surface area contributed by atoms with Crippen molar-refractivity contribution < 1.29 is 4.42 Å². The zero-order chi connectivity index (χ0) is 16.2. The van der Waals surface area contributed by atoms with Gasteiger partial charge in [0.25, 0.3) is 0 Å². The Bertz CT molecular complexity index is 1050. The topological polar surface area (TPSA) is 77.8 Å². The predicted octanol–water partition coefficient (Wildman–Crippen LogP) is 3.08. The van der Waals surface area contributed by atoms with Crippen molar-refractivity contribution in [2.45, 2.75) is 12.8 Å². The SMILES string of the molecule is N#CC(C#N)=Cc1cc2cc3c(cc2oc1=O)C#CC=CCC3. The Morgan fingerprint density at radius 1 is 1.26 bits per heavy atom. The van der Waals surface area contributed by atoms with E-state index in [2.05, 4.69) is 11.8 Å². The average molecular weight is 298 g/mol. The van der Waals surface area contributed by atoms with Gasteiger partial charge in [-0.1, -0.05) is 17.9 Å². The van der Waals surface area contributed by atoms with Crippen molar-refractivity contribution in [3.05, 3.63) is 63.0 Å². The first kappa shape index (κ1) is 14.4. The molecule has 0 saturated carbocycles. The van der Waals surface area contributed by atoms with Crippen LogP contribution in [-0.4, -0.2) is 0 Å². The number of nitriles is 2. The number of fused-ring (bicyclic) bond motifs is 2. The second kappa shape index (κ2) is 6.06. The van der Waals surface area contributed by atoms with Gasteiger partial charge in [0.2, 0.25) is 0 Å². The van der Waals surface area contributed by atoms with E-state index in [9.17, 15) is 4.79 Å². The van der Waals surface area contributed by atoms with Gasteiger partial charge in [0.1, 0.15) is 23.3 Å². The Kier molecular flexibility index (Phi) is 3.79. The molecule has 0 atom stereocenters. The lowest BCUT2D eigenvalue weighted by Crippen LogP contribution is -2.04. The summed E-state index contributed by atoms with van der Waals surface area (Å²) in [5, 5.41) is 18.4. The van der Waals surface area contributed by atoms with E-state index in [1.54, 1.807) is 24.3 Å². The number of allylic oxidation sites excluding steroid dienone is 3. The molecule has 0 amide bonds. The van der Waals surface area contributed by atoms with Crippen LogP contribution in [0.1, 0.15) is 23.1 Å². The molecule has 0 aliphatic heterocycles. The van der Waals surface area contributed by atoms with Gasteiger partial charge in [-0.2, -0.15) is 10.5 Å². The Balaban J connectivity index is 2.22.